The standard InChI is InChI=1S/C23H19N5O2S/c1-3-14-15(4-1)20-18(14)19-21(26-23(27-22(19)31-20)28-10-2-8-25-28)24-9-7-13-5-6-16-17(11-13)30-12-29-16/h2-3,5-6,8,10-11,15H,1,4,7,9,12H2,(H,24,26,27). The van der Waals surface area contributed by atoms with E-state index in [9.17, 15) is 0 Å². The summed E-state index contributed by atoms with van der Waals surface area (Å²) >= 11 is 1.81. The van der Waals surface area contributed by atoms with Crippen molar-refractivity contribution in [3.05, 3.63) is 58.7 Å². The molecule has 0 spiro atoms. The van der Waals surface area contributed by atoms with Crippen LogP contribution in [0.3, 0.4) is 0 Å². The molecule has 4 aromatic rings. The van der Waals surface area contributed by atoms with Crippen molar-refractivity contribution >= 4 is 32.9 Å². The number of thiophene rings is 1. The van der Waals surface area contributed by atoms with Gasteiger partial charge in [-0.25, -0.2) is 4.68 Å². The number of allylic oxidation sites excluding steroid dienone is 2. The van der Waals surface area contributed by atoms with Gasteiger partial charge < -0.3 is 14.8 Å². The number of rotatable bonds is 5. The maximum atomic E-state index is 5.51. The van der Waals surface area contributed by atoms with E-state index in [1.165, 1.54) is 34.4 Å². The summed E-state index contributed by atoms with van der Waals surface area (Å²) in [6.45, 7) is 1.06. The fraction of sp³-hybridized carbons (Fsp3) is 0.261. The Balaban J connectivity index is 1.24. The molecule has 4 heterocycles. The zero-order valence-electron chi connectivity index (χ0n) is 16.7. The van der Waals surface area contributed by atoms with Gasteiger partial charge in [0.25, 0.3) is 5.95 Å². The predicted octanol–water partition coefficient (Wildman–Crippen LogP) is 4.53. The van der Waals surface area contributed by atoms with Gasteiger partial charge in [0.2, 0.25) is 6.79 Å². The van der Waals surface area contributed by atoms with Crippen LogP contribution in [0.25, 0.3) is 21.7 Å². The molecule has 7 rings (SSSR count). The lowest BCUT2D eigenvalue weighted by Gasteiger charge is -2.26. The first-order chi connectivity index (χ1) is 15.3. The molecule has 1 unspecified atom stereocenters. The number of hydrogen-bond donors (Lipinski definition) is 1. The molecule has 1 atom stereocenters. The molecule has 154 valence electrons. The van der Waals surface area contributed by atoms with Crippen LogP contribution >= 0.6 is 11.3 Å². The second kappa shape index (κ2) is 6.55. The molecule has 0 bridgehead atoms. The average molecular weight is 430 g/mol. The number of hydrogen-bond acceptors (Lipinski definition) is 7. The summed E-state index contributed by atoms with van der Waals surface area (Å²) in [6.07, 6.45) is 9.26. The molecule has 0 fully saturated rings. The molecular formula is C23H19N5O2S. The topological polar surface area (TPSA) is 74.1 Å². The third kappa shape index (κ3) is 2.61. The zero-order chi connectivity index (χ0) is 20.4. The molecular weight excluding hydrogens is 410 g/mol. The van der Waals surface area contributed by atoms with Crippen LogP contribution in [0.4, 0.5) is 5.82 Å². The van der Waals surface area contributed by atoms with Crippen LogP contribution in [0.1, 0.15) is 34.8 Å². The second-order valence-electron chi connectivity index (χ2n) is 8.00. The van der Waals surface area contributed by atoms with Gasteiger partial charge in [-0.2, -0.15) is 15.1 Å². The van der Waals surface area contributed by atoms with E-state index in [1.807, 2.05) is 29.7 Å². The summed E-state index contributed by atoms with van der Waals surface area (Å²) in [5.74, 6) is 3.73. The zero-order valence-corrected chi connectivity index (χ0v) is 17.5. The fourth-order valence-corrected chi connectivity index (χ4v) is 6.10. The van der Waals surface area contributed by atoms with E-state index in [-0.39, 0.29) is 0 Å². The minimum atomic E-state index is 0.298. The van der Waals surface area contributed by atoms with E-state index in [0.717, 1.165) is 40.5 Å². The number of aromatic nitrogens is 4. The molecule has 8 heteroatoms. The van der Waals surface area contributed by atoms with Crippen molar-refractivity contribution in [3.63, 3.8) is 0 Å². The summed E-state index contributed by atoms with van der Waals surface area (Å²) in [4.78, 5) is 12.2. The van der Waals surface area contributed by atoms with Gasteiger partial charge >= 0.3 is 0 Å². The molecule has 0 saturated heterocycles. The number of fused-ring (bicyclic) bond motifs is 7. The van der Waals surface area contributed by atoms with Crippen molar-refractivity contribution in [1.82, 2.24) is 19.7 Å². The van der Waals surface area contributed by atoms with Crippen molar-refractivity contribution in [2.45, 2.75) is 25.2 Å². The second-order valence-corrected chi connectivity index (χ2v) is 9.03. The smallest absolute Gasteiger partial charge is 0.253 e. The average Bonchev–Trinajstić information content (AvgIpc) is 3.56. The molecule has 1 N–H and O–H groups in total. The van der Waals surface area contributed by atoms with Crippen LogP contribution in [0, 0.1) is 0 Å². The molecule has 3 aliphatic rings. The lowest BCUT2D eigenvalue weighted by atomic mass is 9.80. The molecule has 1 aromatic carbocycles. The third-order valence-corrected chi connectivity index (χ3v) is 7.42. The van der Waals surface area contributed by atoms with Gasteiger partial charge in [-0.15, -0.1) is 11.3 Å². The van der Waals surface area contributed by atoms with Crippen molar-refractivity contribution < 1.29 is 9.47 Å². The number of benzene rings is 1. The summed E-state index contributed by atoms with van der Waals surface area (Å²) in [5, 5.41) is 9.08. The molecule has 0 saturated carbocycles. The highest BCUT2D eigenvalue weighted by Gasteiger charge is 2.39. The van der Waals surface area contributed by atoms with E-state index in [2.05, 4.69) is 28.6 Å². The van der Waals surface area contributed by atoms with Gasteiger partial charge in [0.05, 0.1) is 5.39 Å². The fourth-order valence-electron chi connectivity index (χ4n) is 4.75. The van der Waals surface area contributed by atoms with Gasteiger partial charge in [-0.05, 0) is 48.6 Å². The van der Waals surface area contributed by atoms with Crippen molar-refractivity contribution in [2.75, 3.05) is 18.7 Å². The van der Waals surface area contributed by atoms with E-state index in [1.54, 1.807) is 10.9 Å². The molecule has 3 aromatic heterocycles. The summed E-state index contributed by atoms with van der Waals surface area (Å²) in [6, 6.07) is 8.01. The lowest BCUT2D eigenvalue weighted by molar-refractivity contribution is 0.174. The number of nitrogens with one attached hydrogen (secondary N) is 1. The SMILES string of the molecule is C1=C2c3c(sc4nc(-n5cccn5)nc(NCCc5ccc6c(c5)OCO6)c34)C2CC1. The van der Waals surface area contributed by atoms with Crippen LogP contribution in [-0.2, 0) is 6.42 Å². The monoisotopic (exact) mass is 429 g/mol. The maximum absolute atomic E-state index is 5.51. The minimum absolute atomic E-state index is 0.298. The Hall–Kier alpha value is -3.39. The Kier molecular flexibility index (Phi) is 3.66. The summed E-state index contributed by atoms with van der Waals surface area (Å²) < 4.78 is 12.6. The van der Waals surface area contributed by atoms with Gasteiger partial charge in [-0.1, -0.05) is 12.1 Å². The third-order valence-electron chi connectivity index (χ3n) is 6.22. The maximum Gasteiger partial charge on any atom is 0.253 e. The van der Waals surface area contributed by atoms with Crippen molar-refractivity contribution in [3.8, 4) is 17.4 Å². The van der Waals surface area contributed by atoms with Gasteiger partial charge in [0, 0.05) is 35.3 Å². The molecule has 0 radical (unpaired) electrons. The highest BCUT2D eigenvalue weighted by atomic mass is 32.1. The van der Waals surface area contributed by atoms with Crippen LogP contribution in [0.5, 0.6) is 11.5 Å². The predicted molar refractivity (Wildman–Crippen MR) is 119 cm³/mol. The first-order valence-electron chi connectivity index (χ1n) is 10.5. The van der Waals surface area contributed by atoms with Crippen LogP contribution in [0.2, 0.25) is 0 Å². The first kappa shape index (κ1) is 17.3. The van der Waals surface area contributed by atoms with Crippen LogP contribution in [0.15, 0.2) is 42.7 Å². The summed E-state index contributed by atoms with van der Waals surface area (Å²) in [5.41, 5.74) is 4.04. The highest BCUT2D eigenvalue weighted by Crippen LogP contribution is 2.59. The highest BCUT2D eigenvalue weighted by molar-refractivity contribution is 7.19. The molecule has 0 amide bonds. The molecule has 31 heavy (non-hydrogen) atoms. The molecule has 7 nitrogen and oxygen atoms in total. The Morgan fingerprint density at radius 3 is 3.10 bits per heavy atom. The van der Waals surface area contributed by atoms with E-state index in [4.69, 9.17) is 19.4 Å². The lowest BCUT2D eigenvalue weighted by Crippen LogP contribution is -2.12. The Bertz CT molecular complexity index is 1360. The first-order valence-corrected chi connectivity index (χ1v) is 11.3. The van der Waals surface area contributed by atoms with Crippen molar-refractivity contribution in [2.24, 2.45) is 0 Å². The number of ether oxygens (including phenoxy) is 2. The van der Waals surface area contributed by atoms with Crippen LogP contribution < -0.4 is 14.8 Å². The Morgan fingerprint density at radius 2 is 2.16 bits per heavy atom. The van der Waals surface area contributed by atoms with E-state index >= 15 is 0 Å². The summed E-state index contributed by atoms with van der Waals surface area (Å²) in [7, 11) is 0. The number of nitrogens with zero attached hydrogens (tertiary/aromatic N) is 4. The minimum Gasteiger partial charge on any atom is -0.454 e. The van der Waals surface area contributed by atoms with Gasteiger partial charge in [0.15, 0.2) is 11.5 Å². The number of anilines is 1. The Labute approximate surface area is 182 Å². The van der Waals surface area contributed by atoms with Gasteiger partial charge in [0.1, 0.15) is 10.6 Å². The molecule has 1 aliphatic heterocycles. The largest absolute Gasteiger partial charge is 0.454 e. The van der Waals surface area contributed by atoms with E-state index < -0.39 is 0 Å². The van der Waals surface area contributed by atoms with Crippen molar-refractivity contribution in [1.29, 1.82) is 0 Å². The Morgan fingerprint density at radius 1 is 1.19 bits per heavy atom. The van der Waals surface area contributed by atoms with E-state index in [0.29, 0.717) is 18.7 Å². The van der Waals surface area contributed by atoms with Gasteiger partial charge in [-0.3, -0.25) is 0 Å². The molecule has 2 aliphatic carbocycles. The quantitative estimate of drug-likeness (QED) is 0.502. The normalized spacial score (nSPS) is 17.9. The van der Waals surface area contributed by atoms with Crippen LogP contribution in [-0.4, -0.2) is 33.1 Å².